The van der Waals surface area contributed by atoms with Gasteiger partial charge in [-0.1, -0.05) is 0 Å². The standard InChI is InChI=1S/C2H6O2.H4O5P2/c3-1-2-4;1-6(2)5-7(3)4/h3-4H,1-2H2;6-7H,(H,1,2)(H,3,4). The van der Waals surface area contributed by atoms with E-state index in [1.807, 2.05) is 0 Å². The monoisotopic (exact) mass is 208 g/mol. The molecule has 0 heterocycles. The number of hydrogen-bond donors (Lipinski definition) is 4. The summed E-state index contributed by atoms with van der Waals surface area (Å²) in [6, 6.07) is 0. The second-order valence-electron chi connectivity index (χ2n) is 1.08. The van der Waals surface area contributed by atoms with Crippen LogP contribution in [0.4, 0.5) is 0 Å². The molecule has 7 nitrogen and oxygen atoms in total. The second kappa shape index (κ2) is 10.3. The first kappa shape index (κ1) is 13.8. The van der Waals surface area contributed by atoms with Crippen LogP contribution in [0.25, 0.3) is 0 Å². The molecule has 0 amide bonds. The van der Waals surface area contributed by atoms with E-state index in [9.17, 15) is 9.13 Å². The van der Waals surface area contributed by atoms with Crippen LogP contribution >= 0.6 is 16.5 Å². The molecule has 70 valence electrons. The second-order valence-corrected chi connectivity index (χ2v) is 2.96. The quantitative estimate of drug-likeness (QED) is 0.426. The van der Waals surface area contributed by atoms with Crippen LogP contribution in [0.5, 0.6) is 0 Å². The fraction of sp³-hybridized carbons (Fsp3) is 1.00. The van der Waals surface area contributed by atoms with Gasteiger partial charge in [0.1, 0.15) is 0 Å². The van der Waals surface area contributed by atoms with Crippen molar-refractivity contribution in [1.29, 1.82) is 0 Å². The van der Waals surface area contributed by atoms with Crippen LogP contribution in [-0.4, -0.2) is 33.2 Å². The van der Waals surface area contributed by atoms with Crippen LogP contribution in [0.2, 0.25) is 0 Å². The van der Waals surface area contributed by atoms with E-state index in [0.717, 1.165) is 0 Å². The zero-order valence-electron chi connectivity index (χ0n) is 5.43. The van der Waals surface area contributed by atoms with Gasteiger partial charge in [0.15, 0.2) is 0 Å². The molecule has 11 heavy (non-hydrogen) atoms. The third kappa shape index (κ3) is 25.3. The molecule has 0 bridgehead atoms. The molecule has 0 fully saturated rings. The van der Waals surface area contributed by atoms with E-state index in [4.69, 9.17) is 20.0 Å². The van der Waals surface area contributed by atoms with Crippen molar-refractivity contribution in [3.63, 3.8) is 0 Å². The Hall–Kier alpha value is 0.260. The molecule has 0 aliphatic carbocycles. The van der Waals surface area contributed by atoms with Crippen molar-refractivity contribution in [2.45, 2.75) is 0 Å². The Morgan fingerprint density at radius 2 is 1.27 bits per heavy atom. The molecular formula is C2H10O7P2. The molecule has 0 aromatic rings. The summed E-state index contributed by atoms with van der Waals surface area (Å²) in [5.41, 5.74) is 0. The highest BCUT2D eigenvalue weighted by molar-refractivity contribution is 7.46. The van der Waals surface area contributed by atoms with E-state index in [2.05, 4.69) is 4.31 Å². The highest BCUT2D eigenvalue weighted by Crippen LogP contribution is 2.30. The van der Waals surface area contributed by atoms with Crippen molar-refractivity contribution in [2.75, 3.05) is 13.2 Å². The summed E-state index contributed by atoms with van der Waals surface area (Å²) in [7, 11) is -6.40. The Kier molecular flexibility index (Phi) is 12.9. The zero-order valence-corrected chi connectivity index (χ0v) is 7.43. The molecule has 2 unspecified atom stereocenters. The minimum absolute atomic E-state index is 0.125. The van der Waals surface area contributed by atoms with E-state index < -0.39 is 16.5 Å². The fourth-order valence-corrected chi connectivity index (χ4v) is 0.672. The average Bonchev–Trinajstić information content (AvgIpc) is 1.85. The molecular weight excluding hydrogens is 198 g/mol. The first-order valence-corrected chi connectivity index (χ1v) is 4.92. The van der Waals surface area contributed by atoms with Crippen molar-refractivity contribution in [3.05, 3.63) is 0 Å². The molecule has 0 aliphatic rings. The van der Waals surface area contributed by atoms with Gasteiger partial charge in [0, 0.05) is 0 Å². The van der Waals surface area contributed by atoms with Crippen LogP contribution in [0.1, 0.15) is 0 Å². The smallest absolute Gasteiger partial charge is 0.323 e. The van der Waals surface area contributed by atoms with E-state index in [1.165, 1.54) is 0 Å². The normalized spacial score (nSPS) is 14.5. The Bertz CT molecular complexity index is 110. The van der Waals surface area contributed by atoms with E-state index in [0.29, 0.717) is 0 Å². The van der Waals surface area contributed by atoms with Gasteiger partial charge in [-0.2, -0.15) is 0 Å². The molecule has 0 spiro atoms. The maximum atomic E-state index is 9.44. The highest BCUT2D eigenvalue weighted by atomic mass is 31.2. The van der Waals surface area contributed by atoms with Crippen molar-refractivity contribution in [1.82, 2.24) is 0 Å². The van der Waals surface area contributed by atoms with Crippen molar-refractivity contribution in [2.24, 2.45) is 0 Å². The lowest BCUT2D eigenvalue weighted by Gasteiger charge is -1.86. The van der Waals surface area contributed by atoms with Gasteiger partial charge in [-0.25, -0.2) is 4.31 Å². The van der Waals surface area contributed by atoms with Crippen LogP contribution < -0.4 is 0 Å². The Balaban J connectivity index is 0. The Morgan fingerprint density at radius 3 is 1.27 bits per heavy atom. The van der Waals surface area contributed by atoms with Crippen LogP contribution in [-0.2, 0) is 13.4 Å². The number of aliphatic hydroxyl groups is 2. The summed E-state index contributed by atoms with van der Waals surface area (Å²) < 4.78 is 22.3. The molecule has 0 aliphatic heterocycles. The van der Waals surface area contributed by atoms with E-state index in [1.54, 1.807) is 0 Å². The van der Waals surface area contributed by atoms with Crippen molar-refractivity contribution in [3.8, 4) is 0 Å². The molecule has 0 rings (SSSR count). The Morgan fingerprint density at radius 1 is 1.00 bits per heavy atom. The SMILES string of the molecule is O=[PH](O)O[PH](=O)O.OCCO. The first-order valence-electron chi connectivity index (χ1n) is 2.40. The third-order valence-corrected chi connectivity index (χ3v) is 1.67. The van der Waals surface area contributed by atoms with E-state index in [-0.39, 0.29) is 13.2 Å². The van der Waals surface area contributed by atoms with Gasteiger partial charge in [-0.05, 0) is 0 Å². The van der Waals surface area contributed by atoms with Crippen LogP contribution in [0.3, 0.4) is 0 Å². The molecule has 0 saturated heterocycles. The van der Waals surface area contributed by atoms with E-state index >= 15 is 0 Å². The maximum absolute atomic E-state index is 9.44. The maximum Gasteiger partial charge on any atom is 0.323 e. The summed E-state index contributed by atoms with van der Waals surface area (Å²) in [6.07, 6.45) is 0. The van der Waals surface area contributed by atoms with Crippen molar-refractivity contribution < 1.29 is 33.4 Å². The minimum Gasteiger partial charge on any atom is -0.394 e. The summed E-state index contributed by atoms with van der Waals surface area (Å²) in [4.78, 5) is 15.4. The number of hydrogen-bond acceptors (Lipinski definition) is 5. The first-order chi connectivity index (χ1) is 5.04. The largest absolute Gasteiger partial charge is 0.394 e. The lowest BCUT2D eigenvalue weighted by atomic mass is 10.8. The van der Waals surface area contributed by atoms with Gasteiger partial charge in [-0.15, -0.1) is 0 Å². The van der Waals surface area contributed by atoms with Gasteiger partial charge in [0.05, 0.1) is 13.2 Å². The van der Waals surface area contributed by atoms with Gasteiger partial charge in [-0.3, -0.25) is 9.13 Å². The molecule has 9 heteroatoms. The van der Waals surface area contributed by atoms with Gasteiger partial charge in [0.25, 0.3) is 0 Å². The van der Waals surface area contributed by atoms with Crippen molar-refractivity contribution >= 4 is 16.5 Å². The number of rotatable bonds is 3. The summed E-state index contributed by atoms with van der Waals surface area (Å²) in [5.74, 6) is 0. The summed E-state index contributed by atoms with van der Waals surface area (Å²) in [6.45, 7) is -0.250. The topological polar surface area (TPSA) is 124 Å². The Labute approximate surface area is 64.2 Å². The predicted octanol–water partition coefficient (Wildman–Crippen LogP) is -1.26. The van der Waals surface area contributed by atoms with Gasteiger partial charge in [0.2, 0.25) is 0 Å². The molecule has 0 aromatic heterocycles. The fourth-order valence-electron chi connectivity index (χ4n) is 0.0747. The lowest BCUT2D eigenvalue weighted by molar-refractivity contribution is 0.186. The average molecular weight is 208 g/mol. The molecule has 0 saturated carbocycles. The molecule has 4 N–H and O–H groups in total. The van der Waals surface area contributed by atoms with Crippen LogP contribution in [0, 0.1) is 0 Å². The molecule has 0 radical (unpaired) electrons. The third-order valence-electron chi connectivity index (χ3n) is 0.275. The van der Waals surface area contributed by atoms with Gasteiger partial charge < -0.3 is 20.0 Å². The predicted molar refractivity (Wildman–Crippen MR) is 37.7 cm³/mol. The van der Waals surface area contributed by atoms with Crippen LogP contribution in [0.15, 0.2) is 0 Å². The molecule has 0 aromatic carbocycles. The summed E-state index contributed by atoms with van der Waals surface area (Å²) >= 11 is 0. The number of aliphatic hydroxyl groups excluding tert-OH is 2. The lowest BCUT2D eigenvalue weighted by Crippen LogP contribution is -1.85. The highest BCUT2D eigenvalue weighted by Gasteiger charge is 1.93. The minimum atomic E-state index is -3.20. The molecule has 2 atom stereocenters. The zero-order chi connectivity index (χ0) is 9.28. The summed E-state index contributed by atoms with van der Waals surface area (Å²) in [5, 5.41) is 15.2. The van der Waals surface area contributed by atoms with Gasteiger partial charge >= 0.3 is 16.5 Å².